The molecular weight excluding hydrogens is 212 g/mol. The first-order valence-electron chi connectivity index (χ1n) is 6.50. The molecule has 0 atom stereocenters. The number of pyridine rings is 1. The number of hydrogen-bond acceptors (Lipinski definition) is 2. The highest BCUT2D eigenvalue weighted by atomic mass is 16.1. The highest BCUT2D eigenvalue weighted by Crippen LogP contribution is 2.31. The van der Waals surface area contributed by atoms with Gasteiger partial charge in [-0.05, 0) is 43.7 Å². The van der Waals surface area contributed by atoms with E-state index in [9.17, 15) is 4.79 Å². The fourth-order valence-electron chi connectivity index (χ4n) is 2.51. The van der Waals surface area contributed by atoms with E-state index in [2.05, 4.69) is 17.2 Å². The summed E-state index contributed by atoms with van der Waals surface area (Å²) in [5.41, 5.74) is 0.850. The van der Waals surface area contributed by atoms with Gasteiger partial charge >= 0.3 is 0 Å². The number of rotatable bonds is 3. The van der Waals surface area contributed by atoms with Crippen LogP contribution in [0.5, 0.6) is 0 Å². The molecule has 3 heteroatoms. The predicted octanol–water partition coefficient (Wildman–Crippen LogP) is 3.24. The van der Waals surface area contributed by atoms with Gasteiger partial charge in [-0.1, -0.05) is 13.3 Å². The zero-order valence-electron chi connectivity index (χ0n) is 10.4. The Morgan fingerprint density at radius 1 is 1.29 bits per heavy atom. The monoisotopic (exact) mass is 232 g/mol. The summed E-state index contributed by atoms with van der Waals surface area (Å²) < 4.78 is 0. The van der Waals surface area contributed by atoms with Gasteiger partial charge in [0.1, 0.15) is 0 Å². The number of nitrogens with one attached hydrogen (secondary N) is 1. The van der Waals surface area contributed by atoms with E-state index in [0.29, 0.717) is 0 Å². The molecule has 0 bridgehead atoms. The highest BCUT2D eigenvalue weighted by Gasteiger charge is 2.25. The molecular formula is C14H20N2O. The molecule has 2 rings (SSSR count). The van der Waals surface area contributed by atoms with Crippen LogP contribution in [0.25, 0.3) is 0 Å². The minimum absolute atomic E-state index is 0.172. The molecule has 0 saturated heterocycles. The van der Waals surface area contributed by atoms with Gasteiger partial charge < -0.3 is 5.32 Å². The smallest absolute Gasteiger partial charge is 0.227 e. The van der Waals surface area contributed by atoms with Crippen molar-refractivity contribution in [2.75, 3.05) is 5.32 Å². The van der Waals surface area contributed by atoms with Crippen LogP contribution in [0, 0.1) is 11.8 Å². The lowest BCUT2D eigenvalue weighted by Crippen LogP contribution is -2.27. The second-order valence-corrected chi connectivity index (χ2v) is 4.85. The lowest BCUT2D eigenvalue weighted by molar-refractivity contribution is -0.121. The summed E-state index contributed by atoms with van der Waals surface area (Å²) in [6, 6.07) is 3.66. The minimum Gasteiger partial charge on any atom is -0.326 e. The largest absolute Gasteiger partial charge is 0.326 e. The van der Waals surface area contributed by atoms with Crippen molar-refractivity contribution in [2.45, 2.75) is 39.0 Å². The molecule has 1 aromatic heterocycles. The maximum absolute atomic E-state index is 12.0. The summed E-state index contributed by atoms with van der Waals surface area (Å²) in [4.78, 5) is 16.0. The van der Waals surface area contributed by atoms with E-state index in [1.807, 2.05) is 12.1 Å². The SMILES string of the molecule is CCC1CCC(C(=O)Nc2ccncc2)CC1. The normalized spacial score (nSPS) is 24.3. The van der Waals surface area contributed by atoms with Gasteiger partial charge in [0.15, 0.2) is 0 Å². The van der Waals surface area contributed by atoms with Crippen LogP contribution in [0.3, 0.4) is 0 Å². The molecule has 1 N–H and O–H groups in total. The molecule has 1 amide bonds. The third kappa shape index (κ3) is 3.29. The van der Waals surface area contributed by atoms with Gasteiger partial charge in [0.2, 0.25) is 5.91 Å². The molecule has 1 saturated carbocycles. The number of carbonyl (C=O) groups is 1. The number of anilines is 1. The molecule has 1 heterocycles. The fraction of sp³-hybridized carbons (Fsp3) is 0.571. The molecule has 1 aliphatic rings. The summed E-state index contributed by atoms with van der Waals surface area (Å²) in [6.45, 7) is 2.24. The quantitative estimate of drug-likeness (QED) is 0.869. The topological polar surface area (TPSA) is 42.0 Å². The van der Waals surface area contributed by atoms with Crippen molar-refractivity contribution in [2.24, 2.45) is 11.8 Å². The molecule has 0 aromatic carbocycles. The molecule has 1 aliphatic carbocycles. The summed E-state index contributed by atoms with van der Waals surface area (Å²) in [5.74, 6) is 1.21. The van der Waals surface area contributed by atoms with Crippen LogP contribution in [0.4, 0.5) is 5.69 Å². The Morgan fingerprint density at radius 2 is 1.94 bits per heavy atom. The lowest BCUT2D eigenvalue weighted by atomic mass is 9.80. The Morgan fingerprint density at radius 3 is 2.53 bits per heavy atom. The Labute approximate surface area is 103 Å². The van der Waals surface area contributed by atoms with Gasteiger partial charge in [-0.2, -0.15) is 0 Å². The van der Waals surface area contributed by atoms with Gasteiger partial charge in [0, 0.05) is 24.0 Å². The minimum atomic E-state index is 0.172. The maximum atomic E-state index is 12.0. The molecule has 1 fully saturated rings. The van der Waals surface area contributed by atoms with Crippen LogP contribution in [0.1, 0.15) is 39.0 Å². The molecule has 0 spiro atoms. The molecule has 0 aliphatic heterocycles. The Balaban J connectivity index is 1.85. The Hall–Kier alpha value is -1.38. The zero-order valence-corrected chi connectivity index (χ0v) is 10.4. The van der Waals surface area contributed by atoms with Crippen LogP contribution in [-0.4, -0.2) is 10.9 Å². The van der Waals surface area contributed by atoms with Gasteiger partial charge in [0.05, 0.1) is 0 Å². The number of nitrogens with zero attached hydrogens (tertiary/aromatic N) is 1. The van der Waals surface area contributed by atoms with E-state index < -0.39 is 0 Å². The van der Waals surface area contributed by atoms with Crippen molar-refractivity contribution in [1.82, 2.24) is 4.98 Å². The van der Waals surface area contributed by atoms with Crippen molar-refractivity contribution in [3.63, 3.8) is 0 Å². The molecule has 17 heavy (non-hydrogen) atoms. The molecule has 0 unspecified atom stereocenters. The second-order valence-electron chi connectivity index (χ2n) is 4.85. The molecule has 92 valence electrons. The van der Waals surface area contributed by atoms with Crippen LogP contribution >= 0.6 is 0 Å². The number of carbonyl (C=O) groups excluding carboxylic acids is 1. The molecule has 0 radical (unpaired) electrons. The van der Waals surface area contributed by atoms with E-state index >= 15 is 0 Å². The number of hydrogen-bond donors (Lipinski definition) is 1. The first kappa shape index (κ1) is 12.1. The second kappa shape index (κ2) is 5.80. The summed E-state index contributed by atoms with van der Waals surface area (Å²) >= 11 is 0. The van der Waals surface area contributed by atoms with Crippen LogP contribution in [0.2, 0.25) is 0 Å². The molecule has 1 aromatic rings. The fourth-order valence-corrected chi connectivity index (χ4v) is 2.51. The molecule has 3 nitrogen and oxygen atoms in total. The van der Waals surface area contributed by atoms with Crippen molar-refractivity contribution >= 4 is 11.6 Å². The summed E-state index contributed by atoms with van der Waals surface area (Å²) in [7, 11) is 0. The average Bonchev–Trinajstić information content (AvgIpc) is 2.40. The lowest BCUT2D eigenvalue weighted by Gasteiger charge is -2.26. The van der Waals surface area contributed by atoms with Gasteiger partial charge in [-0.3, -0.25) is 9.78 Å². The van der Waals surface area contributed by atoms with E-state index in [1.165, 1.54) is 19.3 Å². The van der Waals surface area contributed by atoms with Gasteiger partial charge in [0.25, 0.3) is 0 Å². The average molecular weight is 232 g/mol. The van der Waals surface area contributed by atoms with Crippen molar-refractivity contribution in [3.05, 3.63) is 24.5 Å². The zero-order chi connectivity index (χ0) is 12.1. The van der Waals surface area contributed by atoms with Crippen molar-refractivity contribution in [1.29, 1.82) is 0 Å². The summed E-state index contributed by atoms with van der Waals surface area (Å²) in [6.07, 6.45) is 9.12. The first-order valence-corrected chi connectivity index (χ1v) is 6.50. The van der Waals surface area contributed by atoms with E-state index in [0.717, 1.165) is 24.4 Å². The standard InChI is InChI=1S/C14H20N2O/c1-2-11-3-5-12(6-4-11)14(17)16-13-7-9-15-10-8-13/h7-12H,2-6H2,1H3,(H,15,16,17). The summed E-state index contributed by atoms with van der Waals surface area (Å²) in [5, 5.41) is 2.97. The first-order chi connectivity index (χ1) is 8.29. The maximum Gasteiger partial charge on any atom is 0.227 e. The highest BCUT2D eigenvalue weighted by molar-refractivity contribution is 5.92. The number of aromatic nitrogens is 1. The van der Waals surface area contributed by atoms with Crippen LogP contribution in [-0.2, 0) is 4.79 Å². The Kier molecular flexibility index (Phi) is 4.13. The third-order valence-electron chi connectivity index (χ3n) is 3.74. The van der Waals surface area contributed by atoms with E-state index in [4.69, 9.17) is 0 Å². The predicted molar refractivity (Wildman–Crippen MR) is 68.6 cm³/mol. The van der Waals surface area contributed by atoms with Crippen LogP contribution in [0.15, 0.2) is 24.5 Å². The third-order valence-corrected chi connectivity index (χ3v) is 3.74. The number of amides is 1. The van der Waals surface area contributed by atoms with Crippen molar-refractivity contribution in [3.8, 4) is 0 Å². The van der Waals surface area contributed by atoms with Crippen molar-refractivity contribution < 1.29 is 4.79 Å². The van der Waals surface area contributed by atoms with Gasteiger partial charge in [-0.25, -0.2) is 0 Å². The van der Waals surface area contributed by atoms with Gasteiger partial charge in [-0.15, -0.1) is 0 Å². The Bertz CT molecular complexity index is 356. The van der Waals surface area contributed by atoms with E-state index in [1.54, 1.807) is 12.4 Å². The van der Waals surface area contributed by atoms with Crippen LogP contribution < -0.4 is 5.32 Å². The van der Waals surface area contributed by atoms with E-state index in [-0.39, 0.29) is 11.8 Å².